The highest BCUT2D eigenvalue weighted by Crippen LogP contribution is 2.41. The highest BCUT2D eigenvalue weighted by molar-refractivity contribution is 5.36. The number of piperidine rings is 3. The van der Waals surface area contributed by atoms with Crippen LogP contribution >= 0.6 is 0 Å². The van der Waals surface area contributed by atoms with Crippen LogP contribution in [0.15, 0.2) is 48.5 Å². The molecule has 1 N–H and O–H groups in total. The minimum atomic E-state index is -0.410. The molecule has 126 valence electrons. The molecule has 0 spiro atoms. The zero-order valence-corrected chi connectivity index (χ0v) is 13.4. The lowest BCUT2D eigenvalue weighted by Crippen LogP contribution is -2.60. The molecule has 3 aliphatic rings. The number of halogens is 2. The van der Waals surface area contributed by atoms with Crippen LogP contribution in [0.5, 0.6) is 0 Å². The summed E-state index contributed by atoms with van der Waals surface area (Å²) in [5.41, 5.74) is 1.92. The van der Waals surface area contributed by atoms with Crippen molar-refractivity contribution >= 4 is 0 Å². The first-order valence-corrected chi connectivity index (χ1v) is 8.56. The molecule has 0 aliphatic carbocycles. The molecule has 3 aliphatic heterocycles. The molecule has 0 unspecified atom stereocenters. The van der Waals surface area contributed by atoms with Gasteiger partial charge in [-0.3, -0.25) is 4.90 Å². The van der Waals surface area contributed by atoms with Gasteiger partial charge in [0, 0.05) is 12.0 Å². The summed E-state index contributed by atoms with van der Waals surface area (Å²) in [4.78, 5) is 2.34. The summed E-state index contributed by atoms with van der Waals surface area (Å²) >= 11 is 0. The molecule has 0 aromatic heterocycles. The summed E-state index contributed by atoms with van der Waals surface area (Å²) in [6.07, 6.45) is 1.64. The van der Waals surface area contributed by atoms with Crippen molar-refractivity contribution in [1.82, 2.24) is 4.90 Å². The van der Waals surface area contributed by atoms with Crippen molar-refractivity contribution in [3.8, 4) is 0 Å². The molecule has 0 amide bonds. The minimum Gasteiger partial charge on any atom is -0.391 e. The third kappa shape index (κ3) is 2.74. The Hall–Kier alpha value is -1.78. The van der Waals surface area contributed by atoms with Gasteiger partial charge in [0.25, 0.3) is 0 Å². The number of benzene rings is 2. The van der Waals surface area contributed by atoms with Crippen molar-refractivity contribution in [3.63, 3.8) is 0 Å². The van der Waals surface area contributed by atoms with Gasteiger partial charge < -0.3 is 5.11 Å². The molecule has 3 fully saturated rings. The summed E-state index contributed by atoms with van der Waals surface area (Å²) in [5.74, 6) is -0.321. The number of hydrogen-bond acceptors (Lipinski definition) is 2. The first-order valence-electron chi connectivity index (χ1n) is 8.56. The molecule has 2 nitrogen and oxygen atoms in total. The number of fused-ring (bicyclic) bond motifs is 3. The zero-order chi connectivity index (χ0) is 16.7. The van der Waals surface area contributed by atoms with Crippen LogP contribution in [0.4, 0.5) is 8.78 Å². The highest BCUT2D eigenvalue weighted by Gasteiger charge is 2.45. The summed E-state index contributed by atoms with van der Waals surface area (Å²) in [5, 5.41) is 10.9. The van der Waals surface area contributed by atoms with E-state index in [0.29, 0.717) is 5.92 Å². The van der Waals surface area contributed by atoms with Crippen LogP contribution in [-0.4, -0.2) is 35.2 Å². The average Bonchev–Trinajstić information content (AvgIpc) is 2.61. The van der Waals surface area contributed by atoms with E-state index in [0.717, 1.165) is 37.1 Å². The minimum absolute atomic E-state index is 0.0478. The van der Waals surface area contributed by atoms with Gasteiger partial charge in [0.2, 0.25) is 0 Å². The molecule has 3 saturated heterocycles. The van der Waals surface area contributed by atoms with Gasteiger partial charge in [0.1, 0.15) is 11.6 Å². The lowest BCUT2D eigenvalue weighted by Gasteiger charge is -2.51. The Morgan fingerprint density at radius 2 is 1.29 bits per heavy atom. The van der Waals surface area contributed by atoms with E-state index in [1.54, 1.807) is 24.3 Å². The fraction of sp³-hybridized carbons (Fsp3) is 0.400. The van der Waals surface area contributed by atoms with Gasteiger partial charge in [0.05, 0.1) is 6.10 Å². The predicted octanol–water partition coefficient (Wildman–Crippen LogP) is 3.55. The molecule has 3 heterocycles. The molecule has 2 bridgehead atoms. The van der Waals surface area contributed by atoms with Crippen LogP contribution in [0.25, 0.3) is 0 Å². The number of aliphatic hydroxyl groups excluding tert-OH is 1. The lowest BCUT2D eigenvalue weighted by atomic mass is 9.72. The van der Waals surface area contributed by atoms with Gasteiger partial charge in [-0.15, -0.1) is 0 Å². The second-order valence-corrected chi connectivity index (χ2v) is 6.94. The van der Waals surface area contributed by atoms with Crippen LogP contribution in [-0.2, 0) is 0 Å². The molecular formula is C20H21F2NO. The SMILES string of the molecule is O[C@H]1C2CCN(CC2)[C@H]1C(c1ccc(F)cc1)c1ccc(F)cc1. The van der Waals surface area contributed by atoms with E-state index in [2.05, 4.69) is 4.90 Å². The largest absolute Gasteiger partial charge is 0.391 e. The summed E-state index contributed by atoms with van der Waals surface area (Å²) in [7, 11) is 0. The monoisotopic (exact) mass is 329 g/mol. The van der Waals surface area contributed by atoms with Crippen molar-refractivity contribution in [2.75, 3.05) is 13.1 Å². The first kappa shape index (κ1) is 15.7. The van der Waals surface area contributed by atoms with E-state index >= 15 is 0 Å². The molecule has 0 saturated carbocycles. The van der Waals surface area contributed by atoms with Crippen LogP contribution in [0.3, 0.4) is 0 Å². The maximum absolute atomic E-state index is 13.4. The fourth-order valence-electron chi connectivity index (χ4n) is 4.39. The molecule has 4 heteroatoms. The van der Waals surface area contributed by atoms with Crippen molar-refractivity contribution < 1.29 is 13.9 Å². The predicted molar refractivity (Wildman–Crippen MR) is 88.7 cm³/mol. The van der Waals surface area contributed by atoms with E-state index < -0.39 is 6.10 Å². The number of aliphatic hydroxyl groups is 1. The maximum Gasteiger partial charge on any atom is 0.123 e. The van der Waals surface area contributed by atoms with E-state index in [4.69, 9.17) is 0 Å². The Morgan fingerprint density at radius 3 is 1.71 bits per heavy atom. The molecule has 2 aromatic carbocycles. The van der Waals surface area contributed by atoms with Crippen LogP contribution in [0, 0.1) is 17.6 Å². The Labute approximate surface area is 140 Å². The van der Waals surface area contributed by atoms with Crippen molar-refractivity contribution in [3.05, 3.63) is 71.3 Å². The van der Waals surface area contributed by atoms with E-state index in [1.807, 2.05) is 0 Å². The quantitative estimate of drug-likeness (QED) is 0.931. The van der Waals surface area contributed by atoms with Crippen LogP contribution in [0.2, 0.25) is 0 Å². The Balaban J connectivity index is 1.78. The van der Waals surface area contributed by atoms with Crippen molar-refractivity contribution in [2.45, 2.75) is 30.9 Å². The summed E-state index contributed by atoms with van der Waals surface area (Å²) in [6, 6.07) is 12.9. The van der Waals surface area contributed by atoms with Crippen molar-refractivity contribution in [1.29, 1.82) is 0 Å². The Bertz CT molecular complexity index is 645. The van der Waals surface area contributed by atoms with Gasteiger partial charge in [-0.25, -0.2) is 8.78 Å². The molecule has 0 radical (unpaired) electrons. The fourth-order valence-corrected chi connectivity index (χ4v) is 4.39. The van der Waals surface area contributed by atoms with Crippen LogP contribution < -0.4 is 0 Å². The van der Waals surface area contributed by atoms with Gasteiger partial charge >= 0.3 is 0 Å². The van der Waals surface area contributed by atoms with Crippen LogP contribution in [0.1, 0.15) is 29.9 Å². The van der Waals surface area contributed by atoms with Gasteiger partial charge in [-0.05, 0) is 67.2 Å². The number of hydrogen-bond donors (Lipinski definition) is 1. The Morgan fingerprint density at radius 1 is 0.833 bits per heavy atom. The third-order valence-electron chi connectivity index (χ3n) is 5.63. The topological polar surface area (TPSA) is 23.5 Å². The van der Waals surface area contributed by atoms with Gasteiger partial charge in [-0.1, -0.05) is 24.3 Å². The van der Waals surface area contributed by atoms with Gasteiger partial charge in [-0.2, -0.15) is 0 Å². The Kier molecular flexibility index (Phi) is 4.10. The first-order chi connectivity index (χ1) is 11.6. The lowest BCUT2D eigenvalue weighted by molar-refractivity contribution is -0.0775. The highest BCUT2D eigenvalue weighted by atomic mass is 19.1. The molecule has 5 rings (SSSR count). The summed E-state index contributed by atoms with van der Waals surface area (Å²) < 4.78 is 26.7. The second kappa shape index (κ2) is 6.26. The zero-order valence-electron chi connectivity index (χ0n) is 13.4. The smallest absolute Gasteiger partial charge is 0.123 e. The number of rotatable bonds is 3. The van der Waals surface area contributed by atoms with E-state index in [9.17, 15) is 13.9 Å². The summed E-state index contributed by atoms with van der Waals surface area (Å²) in [6.45, 7) is 1.95. The molecule has 24 heavy (non-hydrogen) atoms. The van der Waals surface area contributed by atoms with E-state index in [-0.39, 0.29) is 23.6 Å². The second-order valence-electron chi connectivity index (χ2n) is 6.94. The normalized spacial score (nSPS) is 29.2. The van der Waals surface area contributed by atoms with Crippen molar-refractivity contribution in [2.24, 2.45) is 5.92 Å². The maximum atomic E-state index is 13.4. The molecule has 2 aromatic rings. The standard InChI is InChI=1S/C20H21F2NO/c21-16-5-1-13(2-6-16)18(14-3-7-17(22)8-4-14)19-20(24)15-9-11-23(19)12-10-15/h1-8,15,18-20,24H,9-12H2/t19-,20-/m0/s1. The molecule has 2 atom stereocenters. The third-order valence-corrected chi connectivity index (χ3v) is 5.63. The molecular weight excluding hydrogens is 308 g/mol. The number of nitrogens with zero attached hydrogens (tertiary/aromatic N) is 1. The van der Waals surface area contributed by atoms with E-state index in [1.165, 1.54) is 24.3 Å². The van der Waals surface area contributed by atoms with Gasteiger partial charge in [0.15, 0.2) is 0 Å². The average molecular weight is 329 g/mol.